The highest BCUT2D eigenvalue weighted by Crippen LogP contribution is 2.56. The first-order valence-electron chi connectivity index (χ1n) is 8.25. The van der Waals surface area contributed by atoms with Gasteiger partial charge in [-0.05, 0) is 55.4 Å². The molecule has 4 heteroatoms. The third-order valence-electron chi connectivity index (χ3n) is 5.26. The first-order chi connectivity index (χ1) is 10.0. The lowest BCUT2D eigenvalue weighted by Crippen LogP contribution is -2.52. The summed E-state index contributed by atoms with van der Waals surface area (Å²) in [6, 6.07) is 1.99. The normalized spacial score (nSPS) is 39.4. The fraction of sp³-hybridized carbons (Fsp3) is 0.824. The van der Waals surface area contributed by atoms with Gasteiger partial charge in [-0.3, -0.25) is 4.68 Å². The van der Waals surface area contributed by atoms with E-state index in [1.807, 2.05) is 12.3 Å². The van der Waals surface area contributed by atoms with E-state index >= 15 is 0 Å². The van der Waals surface area contributed by atoms with Crippen molar-refractivity contribution in [3.8, 4) is 0 Å². The maximum atomic E-state index is 9.16. The molecule has 118 valence electrons. The van der Waals surface area contributed by atoms with Crippen molar-refractivity contribution in [2.24, 2.45) is 17.3 Å². The van der Waals surface area contributed by atoms with Gasteiger partial charge in [0.05, 0.1) is 18.8 Å². The SMILES string of the molecule is CC1CC2(C)CC(Cn3cccn3)CC(OCCO)(C1)C2. The Morgan fingerprint density at radius 1 is 1.33 bits per heavy atom. The molecule has 0 spiro atoms. The number of ether oxygens (including phenoxy) is 1. The van der Waals surface area contributed by atoms with Crippen molar-refractivity contribution < 1.29 is 9.84 Å². The van der Waals surface area contributed by atoms with E-state index in [4.69, 9.17) is 9.84 Å². The number of aromatic nitrogens is 2. The molecule has 0 aromatic carbocycles. The Hall–Kier alpha value is -0.870. The first kappa shape index (κ1) is 15.0. The van der Waals surface area contributed by atoms with Crippen molar-refractivity contribution in [3.63, 3.8) is 0 Å². The number of rotatable bonds is 5. The van der Waals surface area contributed by atoms with Gasteiger partial charge in [-0.2, -0.15) is 5.10 Å². The van der Waals surface area contributed by atoms with Crippen LogP contribution < -0.4 is 0 Å². The molecule has 4 unspecified atom stereocenters. The minimum absolute atomic E-state index is 0.0226. The summed E-state index contributed by atoms with van der Waals surface area (Å²) in [5.41, 5.74) is 0.356. The van der Waals surface area contributed by atoms with Crippen molar-refractivity contribution in [1.82, 2.24) is 9.78 Å². The predicted octanol–water partition coefficient (Wildman–Crippen LogP) is 2.87. The molecule has 2 bridgehead atoms. The van der Waals surface area contributed by atoms with Crippen LogP contribution in [0.1, 0.15) is 46.0 Å². The number of fused-ring (bicyclic) bond motifs is 2. The molecule has 1 aromatic heterocycles. The molecule has 1 heterocycles. The van der Waals surface area contributed by atoms with Crippen LogP contribution in [0.15, 0.2) is 18.5 Å². The molecular weight excluding hydrogens is 264 g/mol. The van der Waals surface area contributed by atoms with Crippen molar-refractivity contribution in [2.45, 2.75) is 58.1 Å². The molecule has 2 aliphatic carbocycles. The van der Waals surface area contributed by atoms with E-state index in [-0.39, 0.29) is 12.2 Å². The van der Waals surface area contributed by atoms with Gasteiger partial charge in [0.2, 0.25) is 0 Å². The highest BCUT2D eigenvalue weighted by Gasteiger charge is 2.51. The van der Waals surface area contributed by atoms with Crippen molar-refractivity contribution in [1.29, 1.82) is 0 Å². The Morgan fingerprint density at radius 2 is 2.19 bits per heavy atom. The number of aliphatic hydroxyl groups excluding tert-OH is 1. The van der Waals surface area contributed by atoms with E-state index in [2.05, 4.69) is 29.8 Å². The lowest BCUT2D eigenvalue weighted by molar-refractivity contribution is -0.162. The third-order valence-corrected chi connectivity index (χ3v) is 5.26. The molecule has 1 aromatic rings. The Bertz CT molecular complexity index is 461. The average Bonchev–Trinajstić information content (AvgIpc) is 2.86. The van der Waals surface area contributed by atoms with Gasteiger partial charge in [-0.15, -0.1) is 0 Å². The van der Waals surface area contributed by atoms with Gasteiger partial charge >= 0.3 is 0 Å². The van der Waals surface area contributed by atoms with Crippen LogP contribution in [0, 0.1) is 17.3 Å². The topological polar surface area (TPSA) is 47.3 Å². The Morgan fingerprint density at radius 3 is 2.90 bits per heavy atom. The molecule has 2 aliphatic rings. The van der Waals surface area contributed by atoms with Crippen LogP contribution in [0.25, 0.3) is 0 Å². The zero-order valence-corrected chi connectivity index (χ0v) is 13.3. The lowest BCUT2D eigenvalue weighted by atomic mass is 9.55. The van der Waals surface area contributed by atoms with Crippen LogP contribution in [0.4, 0.5) is 0 Å². The summed E-state index contributed by atoms with van der Waals surface area (Å²) in [5.74, 6) is 1.34. The maximum Gasteiger partial charge on any atom is 0.0705 e. The smallest absolute Gasteiger partial charge is 0.0705 e. The number of hydrogen-bond donors (Lipinski definition) is 1. The fourth-order valence-electron chi connectivity index (χ4n) is 5.31. The summed E-state index contributed by atoms with van der Waals surface area (Å²) in [5, 5.41) is 13.5. The maximum absolute atomic E-state index is 9.16. The molecule has 0 aliphatic heterocycles. The molecule has 3 rings (SSSR count). The summed E-state index contributed by atoms with van der Waals surface area (Å²) in [6.07, 6.45) is 9.86. The number of aliphatic hydroxyl groups is 1. The van der Waals surface area contributed by atoms with Crippen LogP contribution in [0.5, 0.6) is 0 Å². The van der Waals surface area contributed by atoms with Gasteiger partial charge in [0.25, 0.3) is 0 Å². The van der Waals surface area contributed by atoms with Gasteiger partial charge in [-0.25, -0.2) is 0 Å². The second-order valence-electron chi connectivity index (χ2n) is 7.76. The standard InChI is InChI=1S/C17H28N2O2/c1-14-8-16(2)10-15(12-19-5-3-4-18-19)11-17(9-14,13-16)21-7-6-20/h3-5,14-15,20H,6-13H2,1-2H3. The van der Waals surface area contributed by atoms with Crippen LogP contribution in [0.3, 0.4) is 0 Å². The highest BCUT2D eigenvalue weighted by molar-refractivity contribution is 5.02. The quantitative estimate of drug-likeness (QED) is 0.907. The molecular formula is C17H28N2O2. The monoisotopic (exact) mass is 292 g/mol. The Labute approximate surface area is 127 Å². The van der Waals surface area contributed by atoms with E-state index in [0.717, 1.165) is 25.8 Å². The molecule has 2 saturated carbocycles. The lowest BCUT2D eigenvalue weighted by Gasteiger charge is -2.55. The van der Waals surface area contributed by atoms with Crippen LogP contribution in [0.2, 0.25) is 0 Å². The fourth-order valence-corrected chi connectivity index (χ4v) is 5.31. The summed E-state index contributed by atoms with van der Waals surface area (Å²) >= 11 is 0. The molecule has 1 N–H and O–H groups in total. The number of hydrogen-bond acceptors (Lipinski definition) is 3. The first-order valence-corrected chi connectivity index (χ1v) is 8.25. The zero-order valence-electron chi connectivity index (χ0n) is 13.3. The van der Waals surface area contributed by atoms with Crippen LogP contribution >= 0.6 is 0 Å². The Balaban J connectivity index is 1.77. The molecule has 0 saturated heterocycles. The van der Waals surface area contributed by atoms with Gasteiger partial charge < -0.3 is 9.84 Å². The molecule has 0 amide bonds. The summed E-state index contributed by atoms with van der Waals surface area (Å²) in [4.78, 5) is 0. The average molecular weight is 292 g/mol. The largest absolute Gasteiger partial charge is 0.394 e. The van der Waals surface area contributed by atoms with Gasteiger partial charge in [0, 0.05) is 18.9 Å². The van der Waals surface area contributed by atoms with E-state index < -0.39 is 0 Å². The Kier molecular flexibility index (Phi) is 4.10. The van der Waals surface area contributed by atoms with E-state index in [9.17, 15) is 0 Å². The molecule has 2 fully saturated rings. The second kappa shape index (κ2) is 5.73. The van der Waals surface area contributed by atoms with E-state index in [1.165, 1.54) is 12.8 Å². The van der Waals surface area contributed by atoms with Crippen molar-refractivity contribution in [3.05, 3.63) is 18.5 Å². The molecule has 4 nitrogen and oxygen atoms in total. The van der Waals surface area contributed by atoms with Crippen LogP contribution in [-0.4, -0.2) is 33.7 Å². The second-order valence-corrected chi connectivity index (χ2v) is 7.76. The molecule has 21 heavy (non-hydrogen) atoms. The van der Waals surface area contributed by atoms with Gasteiger partial charge in [-0.1, -0.05) is 13.8 Å². The minimum atomic E-state index is -0.0226. The summed E-state index contributed by atoms with van der Waals surface area (Å²) in [7, 11) is 0. The minimum Gasteiger partial charge on any atom is -0.394 e. The highest BCUT2D eigenvalue weighted by atomic mass is 16.5. The van der Waals surface area contributed by atoms with E-state index in [1.54, 1.807) is 0 Å². The summed E-state index contributed by atoms with van der Waals surface area (Å²) in [6.45, 7) is 6.35. The third kappa shape index (κ3) is 3.32. The molecule has 0 radical (unpaired) electrons. The van der Waals surface area contributed by atoms with Gasteiger partial charge in [0.15, 0.2) is 0 Å². The van der Waals surface area contributed by atoms with Gasteiger partial charge in [0.1, 0.15) is 0 Å². The van der Waals surface area contributed by atoms with Crippen LogP contribution in [-0.2, 0) is 11.3 Å². The number of nitrogens with zero attached hydrogens (tertiary/aromatic N) is 2. The zero-order chi connectivity index (χ0) is 14.9. The predicted molar refractivity (Wildman–Crippen MR) is 81.8 cm³/mol. The summed E-state index contributed by atoms with van der Waals surface area (Å²) < 4.78 is 8.25. The molecule has 4 atom stereocenters. The van der Waals surface area contributed by atoms with Crippen molar-refractivity contribution >= 4 is 0 Å². The van der Waals surface area contributed by atoms with Crippen molar-refractivity contribution in [2.75, 3.05) is 13.2 Å². The van der Waals surface area contributed by atoms with E-state index in [0.29, 0.717) is 23.9 Å².